The molecule has 2 fully saturated rings. The second kappa shape index (κ2) is 5.37. The molecular weight excluding hydrogens is 346 g/mol. The Kier molecular flexibility index (Phi) is 3.53. The molecule has 5 nitrogen and oxygen atoms in total. The van der Waals surface area contributed by atoms with Crippen molar-refractivity contribution in [1.82, 2.24) is 14.6 Å². The molecule has 1 N–H and O–H groups in total. The summed E-state index contributed by atoms with van der Waals surface area (Å²) >= 11 is 1.43. The number of imide groups is 1. The average molecular weight is 362 g/mol. The summed E-state index contributed by atoms with van der Waals surface area (Å²) in [5, 5.41) is 5.36. The van der Waals surface area contributed by atoms with Crippen molar-refractivity contribution in [3.05, 3.63) is 52.5 Å². The third kappa shape index (κ3) is 1.87. The molecule has 0 radical (unpaired) electrons. The van der Waals surface area contributed by atoms with Gasteiger partial charge in [-0.05, 0) is 54.7 Å². The highest BCUT2D eigenvalue weighted by Gasteiger charge is 2.69. The molecule has 1 aromatic carbocycles. The summed E-state index contributed by atoms with van der Waals surface area (Å²) in [5.41, 5.74) is 1.93. The van der Waals surface area contributed by atoms with E-state index in [2.05, 4.69) is 9.69 Å². The Balaban J connectivity index is 0.00000146. The maximum Gasteiger partial charge on any atom is 0.261 e. The summed E-state index contributed by atoms with van der Waals surface area (Å²) in [6, 6.07) is 9.13. The van der Waals surface area contributed by atoms with Crippen molar-refractivity contribution in [1.29, 1.82) is 0 Å². The van der Waals surface area contributed by atoms with Gasteiger partial charge in [-0.3, -0.25) is 14.5 Å². The highest BCUT2D eigenvalue weighted by molar-refractivity contribution is 7.03. The maximum absolute atomic E-state index is 12.7. The van der Waals surface area contributed by atoms with Crippen LogP contribution >= 0.6 is 23.9 Å². The zero-order chi connectivity index (χ0) is 15.6. The first-order chi connectivity index (χ1) is 11.2. The standard InChI is InChI=1S/C17H15N3O2S.ClH/c21-15-10-3-1-2-4-11(10)16(22)20(15)9-17(14-5-6-23-19-14)12-7-18-8-13(12)17;/h1-6,12-13,18H,7-9H2;1H/t12-,13+,17?;. The molecule has 124 valence electrons. The quantitative estimate of drug-likeness (QED) is 0.849. The largest absolute Gasteiger partial charge is 0.316 e. The monoisotopic (exact) mass is 361 g/mol. The number of carbonyl (C=O) groups is 2. The maximum atomic E-state index is 12.7. The van der Waals surface area contributed by atoms with Crippen molar-refractivity contribution in [2.24, 2.45) is 11.8 Å². The van der Waals surface area contributed by atoms with Gasteiger partial charge in [0.1, 0.15) is 0 Å². The first kappa shape index (κ1) is 15.7. The number of nitrogens with zero attached hydrogens (tertiary/aromatic N) is 2. The number of benzene rings is 1. The topological polar surface area (TPSA) is 62.3 Å². The number of carbonyl (C=O) groups excluding carboxylic acids is 2. The van der Waals surface area contributed by atoms with Crippen LogP contribution < -0.4 is 5.32 Å². The first-order valence-electron chi connectivity index (χ1n) is 7.80. The van der Waals surface area contributed by atoms with E-state index in [0.717, 1.165) is 18.8 Å². The lowest BCUT2D eigenvalue weighted by atomic mass is 9.95. The van der Waals surface area contributed by atoms with Gasteiger partial charge in [0.2, 0.25) is 0 Å². The lowest BCUT2D eigenvalue weighted by Crippen LogP contribution is -2.41. The number of hydrogen-bond acceptors (Lipinski definition) is 5. The van der Waals surface area contributed by atoms with Crippen LogP contribution in [0.4, 0.5) is 0 Å². The third-order valence-electron chi connectivity index (χ3n) is 5.64. The highest BCUT2D eigenvalue weighted by Crippen LogP contribution is 2.62. The summed E-state index contributed by atoms with van der Waals surface area (Å²) in [5.74, 6) is 0.596. The van der Waals surface area contributed by atoms with Gasteiger partial charge in [-0.2, -0.15) is 4.37 Å². The predicted molar refractivity (Wildman–Crippen MR) is 92.7 cm³/mol. The van der Waals surface area contributed by atoms with Gasteiger partial charge in [0.15, 0.2) is 0 Å². The van der Waals surface area contributed by atoms with Crippen LogP contribution in [0.25, 0.3) is 0 Å². The molecule has 3 heterocycles. The number of fused-ring (bicyclic) bond motifs is 2. The van der Waals surface area contributed by atoms with Crippen LogP contribution in [-0.2, 0) is 5.41 Å². The number of hydrogen-bond donors (Lipinski definition) is 1. The van der Waals surface area contributed by atoms with Crippen molar-refractivity contribution >= 4 is 35.8 Å². The van der Waals surface area contributed by atoms with Crippen LogP contribution in [0.15, 0.2) is 35.7 Å². The number of nitrogens with one attached hydrogen (secondary N) is 1. The van der Waals surface area contributed by atoms with E-state index in [4.69, 9.17) is 0 Å². The number of halogens is 1. The summed E-state index contributed by atoms with van der Waals surface area (Å²) in [4.78, 5) is 26.8. The van der Waals surface area contributed by atoms with Crippen LogP contribution in [0.3, 0.4) is 0 Å². The number of rotatable bonds is 3. The van der Waals surface area contributed by atoms with E-state index in [9.17, 15) is 9.59 Å². The van der Waals surface area contributed by atoms with E-state index < -0.39 is 0 Å². The van der Waals surface area contributed by atoms with Crippen LogP contribution in [0.2, 0.25) is 0 Å². The molecule has 2 aliphatic heterocycles. The minimum Gasteiger partial charge on any atom is -0.316 e. The fourth-order valence-corrected chi connectivity index (χ4v) is 5.04. The van der Waals surface area contributed by atoms with Crippen molar-refractivity contribution in [2.45, 2.75) is 5.41 Å². The van der Waals surface area contributed by atoms with Gasteiger partial charge in [0.05, 0.1) is 16.8 Å². The van der Waals surface area contributed by atoms with E-state index in [0.29, 0.717) is 29.5 Å². The molecule has 1 aromatic heterocycles. The van der Waals surface area contributed by atoms with Crippen molar-refractivity contribution in [3.8, 4) is 0 Å². The molecule has 1 unspecified atom stereocenters. The summed E-state index contributed by atoms with van der Waals surface area (Å²) in [7, 11) is 0. The Hall–Kier alpha value is -1.76. The number of piperidine rings is 1. The molecule has 1 saturated heterocycles. The molecule has 0 spiro atoms. The smallest absolute Gasteiger partial charge is 0.261 e. The van der Waals surface area contributed by atoms with E-state index in [1.165, 1.54) is 16.4 Å². The predicted octanol–water partition coefficient (Wildman–Crippen LogP) is 1.95. The fourth-order valence-electron chi connectivity index (χ4n) is 4.44. The van der Waals surface area contributed by atoms with Gasteiger partial charge < -0.3 is 5.32 Å². The SMILES string of the molecule is Cl.O=C1c2ccccc2C(=O)N1CC1(c2ccsn2)[C@@H]2CNC[C@@H]21. The van der Waals surface area contributed by atoms with Gasteiger partial charge in [-0.1, -0.05) is 12.1 Å². The Morgan fingerprint density at radius 1 is 1.12 bits per heavy atom. The molecular formula is C17H16ClN3O2S. The third-order valence-corrected chi connectivity index (χ3v) is 6.20. The Labute approximate surface area is 149 Å². The normalized spacial score (nSPS) is 30.1. The van der Waals surface area contributed by atoms with Gasteiger partial charge in [0.25, 0.3) is 11.8 Å². The number of amides is 2. The molecule has 2 amide bonds. The molecule has 7 heteroatoms. The van der Waals surface area contributed by atoms with E-state index in [1.54, 1.807) is 24.3 Å². The van der Waals surface area contributed by atoms with Gasteiger partial charge >= 0.3 is 0 Å². The Morgan fingerprint density at radius 3 is 2.29 bits per heavy atom. The summed E-state index contributed by atoms with van der Waals surface area (Å²) in [6.07, 6.45) is 0. The zero-order valence-corrected chi connectivity index (χ0v) is 14.4. The lowest BCUT2D eigenvalue weighted by molar-refractivity contribution is 0.0631. The molecule has 1 saturated carbocycles. The summed E-state index contributed by atoms with van der Waals surface area (Å²) < 4.78 is 4.54. The van der Waals surface area contributed by atoms with Gasteiger partial charge in [-0.15, -0.1) is 12.4 Å². The van der Waals surface area contributed by atoms with Gasteiger partial charge in [-0.25, -0.2) is 0 Å². The van der Waals surface area contributed by atoms with Crippen LogP contribution in [-0.4, -0.2) is 40.7 Å². The molecule has 0 bridgehead atoms. The molecule has 2 aromatic rings. The minimum absolute atomic E-state index is 0. The van der Waals surface area contributed by atoms with E-state index in [1.807, 2.05) is 11.4 Å². The van der Waals surface area contributed by atoms with E-state index >= 15 is 0 Å². The second-order valence-corrected chi connectivity index (χ2v) is 7.20. The van der Waals surface area contributed by atoms with Gasteiger partial charge in [0, 0.05) is 17.3 Å². The van der Waals surface area contributed by atoms with Crippen molar-refractivity contribution in [3.63, 3.8) is 0 Å². The molecule has 24 heavy (non-hydrogen) atoms. The number of aromatic nitrogens is 1. The molecule has 1 aliphatic carbocycles. The summed E-state index contributed by atoms with van der Waals surface area (Å²) in [6.45, 7) is 2.32. The average Bonchev–Trinajstić information content (AvgIpc) is 3.10. The molecule has 5 rings (SSSR count). The minimum atomic E-state index is -0.168. The first-order valence-corrected chi connectivity index (χ1v) is 8.64. The molecule has 3 atom stereocenters. The van der Waals surface area contributed by atoms with Crippen LogP contribution in [0.1, 0.15) is 26.4 Å². The molecule has 3 aliphatic rings. The zero-order valence-electron chi connectivity index (χ0n) is 12.8. The second-order valence-electron chi connectivity index (χ2n) is 6.54. The highest BCUT2D eigenvalue weighted by atomic mass is 35.5. The Morgan fingerprint density at radius 2 is 1.75 bits per heavy atom. The lowest BCUT2D eigenvalue weighted by Gasteiger charge is -2.24. The van der Waals surface area contributed by atoms with E-state index in [-0.39, 0.29) is 29.6 Å². The van der Waals surface area contributed by atoms with Crippen LogP contribution in [0, 0.1) is 11.8 Å². The van der Waals surface area contributed by atoms with Crippen LogP contribution in [0.5, 0.6) is 0 Å². The van der Waals surface area contributed by atoms with Crippen molar-refractivity contribution < 1.29 is 9.59 Å². The fraction of sp³-hybridized carbons (Fsp3) is 0.353. The van der Waals surface area contributed by atoms with Crippen molar-refractivity contribution in [2.75, 3.05) is 19.6 Å². The Bertz CT molecular complexity index is 778.